The number of carbonyl (C=O) groups is 3. The van der Waals surface area contributed by atoms with E-state index in [0.29, 0.717) is 6.61 Å². The van der Waals surface area contributed by atoms with Gasteiger partial charge in [0.15, 0.2) is 12.4 Å². The molecule has 0 fully saturated rings. The van der Waals surface area contributed by atoms with Crippen LogP contribution in [0.3, 0.4) is 0 Å². The van der Waals surface area contributed by atoms with E-state index in [4.69, 9.17) is 18.9 Å². The summed E-state index contributed by atoms with van der Waals surface area (Å²) in [5.41, 5.74) is 1.18. The summed E-state index contributed by atoms with van der Waals surface area (Å²) in [6.45, 7) is 6.38. The van der Waals surface area contributed by atoms with Gasteiger partial charge in [0.1, 0.15) is 11.5 Å². The third-order valence-corrected chi connectivity index (χ3v) is 5.48. The summed E-state index contributed by atoms with van der Waals surface area (Å²) in [6, 6.07) is 11.9. The van der Waals surface area contributed by atoms with Crippen molar-refractivity contribution in [2.45, 2.75) is 59.3 Å². The van der Waals surface area contributed by atoms with Gasteiger partial charge in [-0.1, -0.05) is 57.2 Å². The molecule has 0 saturated carbocycles. The normalized spacial score (nSPS) is 10.8. The van der Waals surface area contributed by atoms with Crippen LogP contribution in [0.4, 0.5) is 0 Å². The molecular formula is C30H38O7. The topological polar surface area (TPSA) is 88.1 Å². The summed E-state index contributed by atoms with van der Waals surface area (Å²) < 4.78 is 21.2. The van der Waals surface area contributed by atoms with Crippen LogP contribution >= 0.6 is 0 Å². The summed E-state index contributed by atoms with van der Waals surface area (Å²) in [6.07, 6.45) is 10.3. The molecule has 0 N–H and O–H groups in total. The Morgan fingerprint density at radius 1 is 0.784 bits per heavy atom. The predicted molar refractivity (Wildman–Crippen MR) is 143 cm³/mol. The summed E-state index contributed by atoms with van der Waals surface area (Å²) in [5, 5.41) is 0. The zero-order chi connectivity index (χ0) is 26.9. The van der Waals surface area contributed by atoms with Crippen LogP contribution in [0.1, 0.15) is 85.6 Å². The summed E-state index contributed by atoms with van der Waals surface area (Å²) in [7, 11) is 0. The minimum Gasteiger partial charge on any atom is -0.494 e. The number of ether oxygens (including phenoxy) is 4. The maximum absolute atomic E-state index is 13.0. The van der Waals surface area contributed by atoms with Gasteiger partial charge in [-0.15, -0.1) is 0 Å². The molecule has 0 aliphatic heterocycles. The number of hydrogen-bond acceptors (Lipinski definition) is 7. The number of rotatable bonds is 17. The van der Waals surface area contributed by atoms with Gasteiger partial charge in [0, 0.05) is 0 Å². The van der Waals surface area contributed by atoms with E-state index in [9.17, 15) is 14.4 Å². The summed E-state index contributed by atoms with van der Waals surface area (Å²) >= 11 is 0. The van der Waals surface area contributed by atoms with E-state index in [1.807, 2.05) is 24.3 Å². The Morgan fingerprint density at radius 2 is 1.49 bits per heavy atom. The largest absolute Gasteiger partial charge is 0.494 e. The SMILES string of the molecule is CCCCCCCCOc1ccc(/C=C/C(=O)c2cc(C(=O)OCC)ccc2OCC(=O)OCC)cc1. The molecule has 0 atom stereocenters. The van der Waals surface area contributed by atoms with Gasteiger partial charge in [-0.25, -0.2) is 9.59 Å². The highest BCUT2D eigenvalue weighted by atomic mass is 16.6. The first-order valence-electron chi connectivity index (χ1n) is 13.0. The lowest BCUT2D eigenvalue weighted by atomic mass is 10.0. The van der Waals surface area contributed by atoms with Crippen molar-refractivity contribution >= 4 is 23.8 Å². The number of allylic oxidation sites excluding steroid dienone is 1. The van der Waals surface area contributed by atoms with Crippen molar-refractivity contribution in [3.8, 4) is 11.5 Å². The zero-order valence-electron chi connectivity index (χ0n) is 22.1. The molecule has 2 aromatic carbocycles. The summed E-state index contributed by atoms with van der Waals surface area (Å²) in [4.78, 5) is 36.9. The minimum atomic E-state index is -0.551. The van der Waals surface area contributed by atoms with Gasteiger partial charge >= 0.3 is 11.9 Å². The Kier molecular flexibility index (Phi) is 13.6. The van der Waals surface area contributed by atoms with E-state index in [1.165, 1.54) is 56.4 Å². The fourth-order valence-electron chi connectivity index (χ4n) is 3.54. The third-order valence-electron chi connectivity index (χ3n) is 5.48. The third kappa shape index (κ3) is 10.9. The van der Waals surface area contributed by atoms with Crippen molar-refractivity contribution in [1.82, 2.24) is 0 Å². The molecule has 0 radical (unpaired) electrons. The Balaban J connectivity index is 2.03. The zero-order valence-corrected chi connectivity index (χ0v) is 22.1. The molecule has 0 aromatic heterocycles. The number of unbranched alkanes of at least 4 members (excludes halogenated alkanes) is 5. The molecule has 0 saturated heterocycles. The maximum Gasteiger partial charge on any atom is 0.344 e. The highest BCUT2D eigenvalue weighted by molar-refractivity contribution is 6.09. The number of esters is 2. The standard InChI is InChI=1S/C30H38O7/c1-4-7-8-9-10-11-20-36-25-16-12-23(13-17-25)14-18-27(31)26-21-24(30(33)35-6-3)15-19-28(26)37-22-29(32)34-5-2/h12-19,21H,4-11,20,22H2,1-3H3/b18-14+. The summed E-state index contributed by atoms with van der Waals surface area (Å²) in [5.74, 6) is -0.518. The lowest BCUT2D eigenvalue weighted by Crippen LogP contribution is -2.16. The molecule has 0 aliphatic carbocycles. The maximum atomic E-state index is 13.0. The number of ketones is 1. The fraction of sp³-hybridized carbons (Fsp3) is 0.433. The van der Waals surface area contributed by atoms with E-state index >= 15 is 0 Å². The molecule has 0 amide bonds. The molecule has 7 nitrogen and oxygen atoms in total. The molecule has 2 aromatic rings. The number of hydrogen-bond donors (Lipinski definition) is 0. The molecule has 0 bridgehead atoms. The molecule has 0 heterocycles. The lowest BCUT2D eigenvalue weighted by Gasteiger charge is -2.11. The van der Waals surface area contributed by atoms with Crippen LogP contribution in [-0.4, -0.2) is 44.1 Å². The Hall–Kier alpha value is -3.61. The van der Waals surface area contributed by atoms with Crippen LogP contribution in [0.15, 0.2) is 48.5 Å². The fourth-order valence-corrected chi connectivity index (χ4v) is 3.54. The first-order valence-corrected chi connectivity index (χ1v) is 13.0. The number of carbonyl (C=O) groups excluding carboxylic acids is 3. The Labute approximate surface area is 219 Å². The smallest absolute Gasteiger partial charge is 0.344 e. The van der Waals surface area contributed by atoms with Crippen LogP contribution < -0.4 is 9.47 Å². The van der Waals surface area contributed by atoms with Gasteiger partial charge in [0.05, 0.1) is 30.9 Å². The second-order valence-electron chi connectivity index (χ2n) is 8.41. The molecule has 0 spiro atoms. The van der Waals surface area contributed by atoms with Crippen LogP contribution in [-0.2, 0) is 14.3 Å². The van der Waals surface area contributed by atoms with Crippen LogP contribution in [0.25, 0.3) is 6.08 Å². The lowest BCUT2D eigenvalue weighted by molar-refractivity contribution is -0.145. The second-order valence-corrected chi connectivity index (χ2v) is 8.41. The Bertz CT molecular complexity index is 1020. The van der Waals surface area contributed by atoms with E-state index < -0.39 is 11.9 Å². The van der Waals surface area contributed by atoms with Crippen molar-refractivity contribution < 1.29 is 33.3 Å². The second kappa shape index (κ2) is 17.0. The molecule has 0 unspecified atom stereocenters. The van der Waals surface area contributed by atoms with Crippen molar-refractivity contribution in [3.05, 3.63) is 65.2 Å². The molecule has 2 rings (SSSR count). The van der Waals surface area contributed by atoms with Crippen LogP contribution in [0, 0.1) is 0 Å². The van der Waals surface area contributed by atoms with Gasteiger partial charge in [-0.3, -0.25) is 4.79 Å². The van der Waals surface area contributed by atoms with Gasteiger partial charge in [0.25, 0.3) is 0 Å². The van der Waals surface area contributed by atoms with Gasteiger partial charge in [-0.2, -0.15) is 0 Å². The van der Waals surface area contributed by atoms with Gasteiger partial charge in [-0.05, 0) is 62.2 Å². The highest BCUT2D eigenvalue weighted by Crippen LogP contribution is 2.23. The number of benzene rings is 2. The average molecular weight is 511 g/mol. The first-order chi connectivity index (χ1) is 18.0. The molecular weight excluding hydrogens is 472 g/mol. The minimum absolute atomic E-state index is 0.144. The molecule has 0 aliphatic rings. The Morgan fingerprint density at radius 3 is 2.19 bits per heavy atom. The molecule has 37 heavy (non-hydrogen) atoms. The van der Waals surface area contributed by atoms with Crippen LogP contribution in [0.5, 0.6) is 11.5 Å². The monoisotopic (exact) mass is 510 g/mol. The van der Waals surface area contributed by atoms with Crippen molar-refractivity contribution in [3.63, 3.8) is 0 Å². The van der Waals surface area contributed by atoms with E-state index in [2.05, 4.69) is 6.92 Å². The molecule has 200 valence electrons. The van der Waals surface area contributed by atoms with E-state index in [1.54, 1.807) is 19.9 Å². The van der Waals surface area contributed by atoms with Crippen LogP contribution in [0.2, 0.25) is 0 Å². The van der Waals surface area contributed by atoms with Crippen molar-refractivity contribution in [2.24, 2.45) is 0 Å². The first kappa shape index (κ1) is 29.6. The highest BCUT2D eigenvalue weighted by Gasteiger charge is 2.17. The van der Waals surface area contributed by atoms with Crippen molar-refractivity contribution in [1.29, 1.82) is 0 Å². The van der Waals surface area contributed by atoms with Gasteiger partial charge in [0.2, 0.25) is 0 Å². The molecule has 7 heteroatoms. The van der Waals surface area contributed by atoms with Crippen molar-refractivity contribution in [2.75, 3.05) is 26.4 Å². The van der Waals surface area contributed by atoms with E-state index in [-0.39, 0.29) is 42.5 Å². The van der Waals surface area contributed by atoms with E-state index in [0.717, 1.165) is 17.7 Å². The average Bonchev–Trinajstić information content (AvgIpc) is 2.91. The van der Waals surface area contributed by atoms with Gasteiger partial charge < -0.3 is 18.9 Å². The quantitative estimate of drug-likeness (QED) is 0.105. The predicted octanol–water partition coefficient (Wildman–Crippen LogP) is 6.44.